The maximum Gasteiger partial charge on any atom is 0.391 e. The van der Waals surface area contributed by atoms with Gasteiger partial charge in [-0.3, -0.25) is 9.97 Å². The van der Waals surface area contributed by atoms with Gasteiger partial charge in [-0.25, -0.2) is 27.5 Å². The normalized spacial score (nSPS) is 19.0. The van der Waals surface area contributed by atoms with Crippen LogP contribution in [0.15, 0.2) is 134 Å². The predicted molar refractivity (Wildman–Crippen MR) is 333 cm³/mol. The number of rotatable bonds is 10. The molecule has 20 heteroatoms. The molecule has 6 aromatic heterocycles. The van der Waals surface area contributed by atoms with Crippen LogP contribution in [0.25, 0.3) is 66.4 Å². The molecule has 2 atom stereocenters. The summed E-state index contributed by atoms with van der Waals surface area (Å²) in [6.07, 6.45) is 0.00800. The van der Waals surface area contributed by atoms with Crippen molar-refractivity contribution in [1.29, 1.82) is 0 Å². The average molecular weight is 1240 g/mol. The van der Waals surface area contributed by atoms with E-state index in [1.54, 1.807) is 12.7 Å². The third-order valence-corrected chi connectivity index (χ3v) is 19.9. The first-order valence-electron chi connectivity index (χ1n) is 31.3. The molecule has 2 saturated carbocycles. The molecule has 14 rings (SSSR count). The molecule has 0 N–H and O–H groups in total. The molecule has 0 bridgehead atoms. The number of hydrogen-bond donors (Lipinski definition) is 0. The van der Waals surface area contributed by atoms with Crippen molar-refractivity contribution in [2.45, 2.75) is 127 Å². The molecule has 4 aromatic carbocycles. The second-order valence-electron chi connectivity index (χ2n) is 25.6. The highest BCUT2D eigenvalue weighted by molar-refractivity contribution is 6.09. The van der Waals surface area contributed by atoms with Gasteiger partial charge in [-0.1, -0.05) is 60.7 Å². The van der Waals surface area contributed by atoms with Crippen LogP contribution < -0.4 is 9.80 Å². The fourth-order valence-corrected chi connectivity index (χ4v) is 15.2. The van der Waals surface area contributed by atoms with Crippen molar-refractivity contribution in [1.82, 2.24) is 38.2 Å². The monoisotopic (exact) mass is 1240 g/mol. The van der Waals surface area contributed by atoms with Crippen LogP contribution in [0.4, 0.5) is 55.3 Å². The van der Waals surface area contributed by atoms with E-state index < -0.39 is 36.0 Å². The van der Waals surface area contributed by atoms with Crippen molar-refractivity contribution in [2.24, 2.45) is 37.8 Å². The van der Waals surface area contributed by atoms with Gasteiger partial charge in [0.25, 0.3) is 0 Å². The first-order valence-corrected chi connectivity index (χ1v) is 31.3. The Morgan fingerprint density at radius 1 is 0.444 bits per heavy atom. The van der Waals surface area contributed by atoms with Crippen LogP contribution in [-0.4, -0.2) is 88.6 Å². The summed E-state index contributed by atoms with van der Waals surface area (Å²) in [5.74, 6) is -7.99. The van der Waals surface area contributed by atoms with E-state index in [4.69, 9.17) is 9.97 Å². The zero-order valence-corrected chi connectivity index (χ0v) is 50.7. The topological polar surface area (TPSA) is 77.8 Å². The van der Waals surface area contributed by atoms with Gasteiger partial charge in [0.15, 0.2) is 0 Å². The minimum absolute atomic E-state index is 0.0425. The van der Waals surface area contributed by atoms with Crippen molar-refractivity contribution in [3.63, 3.8) is 0 Å². The fourth-order valence-electron chi connectivity index (χ4n) is 15.2. The maximum absolute atomic E-state index is 14.4. The van der Waals surface area contributed by atoms with E-state index in [1.807, 2.05) is 120 Å². The number of imidazole rings is 2. The Balaban J connectivity index is 0.000000165. The Kier molecular flexibility index (Phi) is 16.1. The van der Waals surface area contributed by atoms with Crippen LogP contribution in [-0.2, 0) is 14.1 Å². The Bertz CT molecular complexity index is 3880. The summed E-state index contributed by atoms with van der Waals surface area (Å²) in [4.78, 5) is 22.9. The molecular formula is C70H72F10N10. The molecule has 0 radical (unpaired) electrons. The Hall–Kier alpha value is -7.90. The van der Waals surface area contributed by atoms with Gasteiger partial charge in [0.1, 0.15) is 0 Å². The average Bonchev–Trinajstić information content (AvgIpc) is 1.59. The van der Waals surface area contributed by atoms with Gasteiger partial charge >= 0.3 is 12.4 Å². The van der Waals surface area contributed by atoms with E-state index in [-0.39, 0.29) is 75.3 Å². The molecule has 2 unspecified atom stereocenters. The van der Waals surface area contributed by atoms with E-state index in [0.29, 0.717) is 51.9 Å². The maximum atomic E-state index is 14.4. The van der Waals surface area contributed by atoms with Gasteiger partial charge in [0.05, 0.1) is 92.5 Å². The predicted octanol–water partition coefficient (Wildman–Crippen LogP) is 18.2. The highest BCUT2D eigenvalue weighted by Gasteiger charge is 2.44. The minimum Gasteiger partial charge on any atom is -0.371 e. The molecule has 472 valence electrons. The number of halogens is 10. The fraction of sp³-hybridized carbons (Fsp3) is 0.429. The van der Waals surface area contributed by atoms with Gasteiger partial charge in [-0.15, -0.1) is 0 Å². The van der Waals surface area contributed by atoms with E-state index in [9.17, 15) is 43.9 Å². The van der Waals surface area contributed by atoms with E-state index in [1.165, 1.54) is 0 Å². The molecule has 2 aliphatic carbocycles. The summed E-state index contributed by atoms with van der Waals surface area (Å²) in [5, 5.41) is 1.85. The molecule has 10 nitrogen and oxygen atoms in total. The molecule has 0 amide bonds. The zero-order valence-electron chi connectivity index (χ0n) is 50.7. The van der Waals surface area contributed by atoms with Gasteiger partial charge in [0, 0.05) is 112 Å². The second kappa shape index (κ2) is 23.7. The standard InChI is InChI=1S/2C35H36F5N5/c2*1-22-32(43(2)21-42-22)25-18-30-31(41-20-25)28-9-8-27(44-16-12-26(13-17-44)35(38,39)40)19-29(28)45(30)33(23-6-4-3-5-7-23)24-10-14-34(36,37)15-11-24/h2*3-9,18-21,24,26,33H,10-17H2,1-2H3. The Morgan fingerprint density at radius 2 is 0.800 bits per heavy atom. The van der Waals surface area contributed by atoms with Crippen LogP contribution in [0.2, 0.25) is 0 Å². The number of piperidine rings is 2. The van der Waals surface area contributed by atoms with Crippen molar-refractivity contribution < 1.29 is 43.9 Å². The summed E-state index contributed by atoms with van der Waals surface area (Å²) in [5.41, 5.74) is 14.4. The molecular weight excluding hydrogens is 1170 g/mol. The lowest BCUT2D eigenvalue weighted by Crippen LogP contribution is -2.39. The van der Waals surface area contributed by atoms with Crippen LogP contribution in [0.3, 0.4) is 0 Å². The number of fused-ring (bicyclic) bond motifs is 6. The number of anilines is 2. The van der Waals surface area contributed by atoms with Crippen molar-refractivity contribution >= 4 is 55.2 Å². The number of aryl methyl sites for hydroxylation is 4. The van der Waals surface area contributed by atoms with E-state index >= 15 is 0 Å². The summed E-state index contributed by atoms with van der Waals surface area (Å²) in [7, 11) is 3.89. The van der Waals surface area contributed by atoms with Crippen molar-refractivity contribution in [3.8, 4) is 22.5 Å². The summed E-state index contributed by atoms with van der Waals surface area (Å²) < 4.78 is 147. The smallest absolute Gasteiger partial charge is 0.371 e. The first-order chi connectivity index (χ1) is 43.0. The lowest BCUT2D eigenvalue weighted by molar-refractivity contribution is -0.179. The molecule has 10 aromatic rings. The Morgan fingerprint density at radius 3 is 1.12 bits per heavy atom. The largest absolute Gasteiger partial charge is 0.391 e. The molecule has 8 heterocycles. The van der Waals surface area contributed by atoms with Gasteiger partial charge < -0.3 is 28.1 Å². The third kappa shape index (κ3) is 11.8. The highest BCUT2D eigenvalue weighted by atomic mass is 19.4. The van der Waals surface area contributed by atoms with Gasteiger partial charge in [-0.05, 0) is 137 Å². The van der Waals surface area contributed by atoms with Gasteiger partial charge in [-0.2, -0.15) is 26.3 Å². The quantitative estimate of drug-likeness (QED) is 0.127. The van der Waals surface area contributed by atoms with Crippen molar-refractivity contribution in [3.05, 3.63) is 157 Å². The molecule has 4 fully saturated rings. The molecule has 90 heavy (non-hydrogen) atoms. The van der Waals surface area contributed by atoms with Crippen LogP contribution in [0.1, 0.15) is 112 Å². The number of aromatic nitrogens is 8. The Labute approximate surface area is 515 Å². The number of benzene rings is 4. The highest BCUT2D eigenvalue weighted by Crippen LogP contribution is 2.50. The molecule has 2 aliphatic heterocycles. The lowest BCUT2D eigenvalue weighted by Gasteiger charge is -2.36. The first kappa shape index (κ1) is 61.0. The number of nitrogens with zero attached hydrogens (tertiary/aromatic N) is 10. The minimum atomic E-state index is -4.18. The summed E-state index contributed by atoms with van der Waals surface area (Å²) >= 11 is 0. The molecule has 0 spiro atoms. The SMILES string of the molecule is Cc1ncn(C)c1-c1cnc2c3ccc(N4CCC(C(F)(F)F)CC4)cc3n(C(c3ccccc3)C3CCC(F)(F)CC3)c2c1.Cc1ncn(C)c1-c1cnc2c3ccc(N4CCC(C(F)(F)F)CC4)cc3n(C(c3ccccc3)C3CCC(F)(F)CC3)c2c1. The molecule has 2 saturated heterocycles. The van der Waals surface area contributed by atoms with E-state index in [2.05, 4.69) is 67.6 Å². The van der Waals surface area contributed by atoms with Crippen molar-refractivity contribution in [2.75, 3.05) is 36.0 Å². The lowest BCUT2D eigenvalue weighted by atomic mass is 9.79. The number of hydrogen-bond acceptors (Lipinski definition) is 6. The zero-order chi connectivity index (χ0) is 63.0. The van der Waals surface area contributed by atoms with Crippen LogP contribution in [0, 0.1) is 37.5 Å². The van der Waals surface area contributed by atoms with Gasteiger partial charge in [0.2, 0.25) is 11.8 Å². The van der Waals surface area contributed by atoms with Crippen LogP contribution >= 0.6 is 0 Å². The summed E-state index contributed by atoms with van der Waals surface area (Å²) in [6, 6.07) is 35.9. The number of pyridine rings is 2. The van der Waals surface area contributed by atoms with Crippen LogP contribution in [0.5, 0.6) is 0 Å². The second-order valence-corrected chi connectivity index (χ2v) is 25.6. The summed E-state index contributed by atoms with van der Waals surface area (Å²) in [6.45, 7) is 5.18. The number of alkyl halides is 10. The van der Waals surface area contributed by atoms with E-state index in [0.717, 1.165) is 100 Å². The molecule has 4 aliphatic rings. The third-order valence-electron chi connectivity index (χ3n) is 19.9.